The average Bonchev–Trinajstić information content (AvgIpc) is 3.35. The highest BCUT2D eigenvalue weighted by atomic mass is 16.7. The maximum atomic E-state index is 12.5. The van der Waals surface area contributed by atoms with Gasteiger partial charge in [0.15, 0.2) is 11.5 Å². The van der Waals surface area contributed by atoms with E-state index < -0.39 is 0 Å². The van der Waals surface area contributed by atoms with E-state index in [0.717, 1.165) is 11.3 Å². The first-order valence-electron chi connectivity index (χ1n) is 8.68. The van der Waals surface area contributed by atoms with E-state index in [0.29, 0.717) is 29.3 Å². The summed E-state index contributed by atoms with van der Waals surface area (Å²) in [5.41, 5.74) is 2.86. The fraction of sp³-hybridized carbons (Fsp3) is 0.150. The van der Waals surface area contributed by atoms with Gasteiger partial charge in [-0.1, -0.05) is 0 Å². The van der Waals surface area contributed by atoms with Crippen LogP contribution in [-0.2, 0) is 11.3 Å². The fourth-order valence-corrected chi connectivity index (χ4v) is 2.76. The molecule has 0 radical (unpaired) electrons. The Labute approximate surface area is 161 Å². The maximum Gasteiger partial charge on any atom is 0.255 e. The summed E-state index contributed by atoms with van der Waals surface area (Å²) in [5, 5.41) is 9.85. The Morgan fingerprint density at radius 1 is 1.11 bits per heavy atom. The molecule has 8 heteroatoms. The molecular weight excluding hydrogens is 360 g/mol. The van der Waals surface area contributed by atoms with E-state index in [-0.39, 0.29) is 18.6 Å². The SMILES string of the molecule is CC(=O)NCc1cnn(-c2ccc(C(=O)Nc3ccc4c(c3)OCO4)cc2)c1. The number of hydrogen-bond acceptors (Lipinski definition) is 5. The standard InChI is InChI=1S/C20H18N4O4/c1-13(25)21-9-14-10-22-24(11-14)17-5-2-15(3-6-17)20(26)23-16-4-7-18-19(8-16)28-12-27-18/h2-8,10-11H,9,12H2,1H3,(H,21,25)(H,23,26). The van der Waals surface area contributed by atoms with Gasteiger partial charge in [-0.3, -0.25) is 9.59 Å². The van der Waals surface area contributed by atoms with Gasteiger partial charge in [0.1, 0.15) is 0 Å². The van der Waals surface area contributed by atoms with Gasteiger partial charge in [0.2, 0.25) is 12.7 Å². The second-order valence-electron chi connectivity index (χ2n) is 6.27. The van der Waals surface area contributed by atoms with Crippen LogP contribution in [-0.4, -0.2) is 28.4 Å². The van der Waals surface area contributed by atoms with Gasteiger partial charge in [-0.2, -0.15) is 5.10 Å². The molecule has 142 valence electrons. The fourth-order valence-electron chi connectivity index (χ4n) is 2.76. The number of nitrogens with zero attached hydrogens (tertiary/aromatic N) is 2. The van der Waals surface area contributed by atoms with Crippen molar-refractivity contribution in [2.75, 3.05) is 12.1 Å². The molecule has 0 atom stereocenters. The van der Waals surface area contributed by atoms with E-state index >= 15 is 0 Å². The molecule has 2 N–H and O–H groups in total. The van der Waals surface area contributed by atoms with E-state index in [9.17, 15) is 9.59 Å². The molecule has 1 aromatic heterocycles. The van der Waals surface area contributed by atoms with Gasteiger partial charge < -0.3 is 20.1 Å². The summed E-state index contributed by atoms with van der Waals surface area (Å²) in [6.45, 7) is 2.08. The molecule has 0 saturated heterocycles. The Morgan fingerprint density at radius 2 is 1.89 bits per heavy atom. The second-order valence-corrected chi connectivity index (χ2v) is 6.27. The van der Waals surface area contributed by atoms with Gasteiger partial charge >= 0.3 is 0 Å². The minimum absolute atomic E-state index is 0.0921. The highest BCUT2D eigenvalue weighted by Gasteiger charge is 2.14. The van der Waals surface area contributed by atoms with Crippen LogP contribution in [0.2, 0.25) is 0 Å². The zero-order valence-electron chi connectivity index (χ0n) is 15.1. The van der Waals surface area contributed by atoms with Crippen molar-refractivity contribution < 1.29 is 19.1 Å². The van der Waals surface area contributed by atoms with Crippen LogP contribution in [0.25, 0.3) is 5.69 Å². The molecule has 2 amide bonds. The van der Waals surface area contributed by atoms with Crippen molar-refractivity contribution in [1.29, 1.82) is 0 Å². The normalized spacial score (nSPS) is 11.9. The molecule has 4 rings (SSSR count). The first kappa shape index (κ1) is 17.6. The largest absolute Gasteiger partial charge is 0.454 e. The molecule has 2 aromatic carbocycles. The predicted molar refractivity (Wildman–Crippen MR) is 102 cm³/mol. The number of nitrogens with one attached hydrogen (secondary N) is 2. The number of benzene rings is 2. The summed E-state index contributed by atoms with van der Waals surface area (Å²) in [4.78, 5) is 23.5. The number of ether oxygens (including phenoxy) is 2. The first-order chi connectivity index (χ1) is 13.6. The van der Waals surface area contributed by atoms with Gasteiger partial charge in [-0.05, 0) is 36.4 Å². The summed E-state index contributed by atoms with van der Waals surface area (Å²) in [5.74, 6) is 0.962. The number of carbonyl (C=O) groups excluding carboxylic acids is 2. The Bertz CT molecular complexity index is 1030. The lowest BCUT2D eigenvalue weighted by molar-refractivity contribution is -0.119. The minimum Gasteiger partial charge on any atom is -0.454 e. The zero-order valence-corrected chi connectivity index (χ0v) is 15.1. The third-order valence-electron chi connectivity index (χ3n) is 4.20. The van der Waals surface area contributed by atoms with Crippen molar-refractivity contribution in [2.45, 2.75) is 13.5 Å². The average molecular weight is 378 g/mol. The van der Waals surface area contributed by atoms with Gasteiger partial charge in [-0.15, -0.1) is 0 Å². The monoisotopic (exact) mass is 378 g/mol. The highest BCUT2D eigenvalue weighted by Crippen LogP contribution is 2.34. The van der Waals surface area contributed by atoms with Crippen molar-refractivity contribution in [1.82, 2.24) is 15.1 Å². The van der Waals surface area contributed by atoms with Crippen LogP contribution >= 0.6 is 0 Å². The summed E-state index contributed by atoms with van der Waals surface area (Å²) in [6, 6.07) is 12.3. The molecule has 0 saturated carbocycles. The van der Waals surface area contributed by atoms with Crippen molar-refractivity contribution >= 4 is 17.5 Å². The number of hydrogen-bond donors (Lipinski definition) is 2. The molecule has 3 aromatic rings. The number of aromatic nitrogens is 2. The lowest BCUT2D eigenvalue weighted by Gasteiger charge is -2.07. The first-order valence-corrected chi connectivity index (χ1v) is 8.68. The lowest BCUT2D eigenvalue weighted by atomic mass is 10.2. The van der Waals surface area contributed by atoms with Crippen LogP contribution in [0.5, 0.6) is 11.5 Å². The van der Waals surface area contributed by atoms with Crippen LogP contribution in [0.1, 0.15) is 22.8 Å². The predicted octanol–water partition coefficient (Wildman–Crippen LogP) is 2.49. The van der Waals surface area contributed by atoms with Gasteiger partial charge in [0.25, 0.3) is 5.91 Å². The van der Waals surface area contributed by atoms with Gasteiger partial charge in [0.05, 0.1) is 11.9 Å². The molecule has 1 aliphatic rings. The third-order valence-corrected chi connectivity index (χ3v) is 4.20. The quantitative estimate of drug-likeness (QED) is 0.711. The maximum absolute atomic E-state index is 12.5. The Morgan fingerprint density at radius 3 is 2.68 bits per heavy atom. The lowest BCUT2D eigenvalue weighted by Crippen LogP contribution is -2.18. The van der Waals surface area contributed by atoms with Crippen molar-refractivity contribution in [3.63, 3.8) is 0 Å². The molecule has 0 bridgehead atoms. The van der Waals surface area contributed by atoms with E-state index in [1.54, 1.807) is 41.2 Å². The molecule has 0 fully saturated rings. The van der Waals surface area contributed by atoms with Crippen LogP contribution in [0.4, 0.5) is 5.69 Å². The van der Waals surface area contributed by atoms with Gasteiger partial charge in [0, 0.05) is 42.5 Å². The van der Waals surface area contributed by atoms with Crippen LogP contribution in [0, 0.1) is 0 Å². The molecule has 28 heavy (non-hydrogen) atoms. The molecular formula is C20H18N4O4. The summed E-state index contributed by atoms with van der Waals surface area (Å²) < 4.78 is 12.3. The number of fused-ring (bicyclic) bond motifs is 1. The third kappa shape index (κ3) is 3.80. The highest BCUT2D eigenvalue weighted by molar-refractivity contribution is 6.04. The number of carbonyl (C=O) groups is 2. The molecule has 1 aliphatic heterocycles. The summed E-state index contributed by atoms with van der Waals surface area (Å²) >= 11 is 0. The van der Waals surface area contributed by atoms with Crippen LogP contribution in [0.3, 0.4) is 0 Å². The van der Waals surface area contributed by atoms with Crippen molar-refractivity contribution in [2.24, 2.45) is 0 Å². The van der Waals surface area contributed by atoms with Crippen molar-refractivity contribution in [3.05, 3.63) is 66.0 Å². The molecule has 8 nitrogen and oxygen atoms in total. The van der Waals surface area contributed by atoms with E-state index in [2.05, 4.69) is 15.7 Å². The van der Waals surface area contributed by atoms with Crippen molar-refractivity contribution in [3.8, 4) is 17.2 Å². The number of amides is 2. The van der Waals surface area contributed by atoms with Gasteiger partial charge in [-0.25, -0.2) is 4.68 Å². The second kappa shape index (κ2) is 7.43. The molecule has 0 unspecified atom stereocenters. The number of anilines is 1. The molecule has 0 aliphatic carbocycles. The molecule has 0 spiro atoms. The van der Waals surface area contributed by atoms with E-state index in [4.69, 9.17) is 9.47 Å². The van der Waals surface area contributed by atoms with Crippen LogP contribution < -0.4 is 20.1 Å². The minimum atomic E-state index is -0.225. The summed E-state index contributed by atoms with van der Waals surface area (Å²) in [7, 11) is 0. The topological polar surface area (TPSA) is 94.5 Å². The van der Waals surface area contributed by atoms with Crippen LogP contribution in [0.15, 0.2) is 54.9 Å². The Kier molecular flexibility index (Phi) is 4.67. The summed E-state index contributed by atoms with van der Waals surface area (Å²) in [6.07, 6.45) is 3.52. The van der Waals surface area contributed by atoms with E-state index in [1.165, 1.54) is 6.92 Å². The smallest absolute Gasteiger partial charge is 0.255 e. The Balaban J connectivity index is 1.42. The zero-order chi connectivity index (χ0) is 19.5. The molecule has 2 heterocycles. The Hall–Kier alpha value is -3.81. The van der Waals surface area contributed by atoms with E-state index in [1.807, 2.05) is 18.3 Å². The number of rotatable bonds is 5.